The molecule has 2 nitrogen and oxygen atoms in total. The highest BCUT2D eigenvalue weighted by molar-refractivity contribution is 6.31. The van der Waals surface area contributed by atoms with Gasteiger partial charge in [-0.3, -0.25) is 0 Å². The summed E-state index contributed by atoms with van der Waals surface area (Å²) in [5, 5.41) is 1.07. The van der Waals surface area contributed by atoms with Gasteiger partial charge in [0.15, 0.2) is 0 Å². The zero-order chi connectivity index (χ0) is 14.7. The molecule has 0 bridgehead atoms. The molecule has 0 amide bonds. The van der Waals surface area contributed by atoms with E-state index in [2.05, 4.69) is 0 Å². The topological polar surface area (TPSA) is 35.2 Å². The predicted octanol–water partition coefficient (Wildman–Crippen LogP) is 4.38. The quantitative estimate of drug-likeness (QED) is 0.909. The highest BCUT2D eigenvalue weighted by atomic mass is 35.5. The molecule has 5 heteroatoms. The van der Waals surface area contributed by atoms with Crippen LogP contribution in [0.5, 0.6) is 5.75 Å². The molecule has 0 saturated heterocycles. The maximum atomic E-state index is 13.3. The summed E-state index contributed by atoms with van der Waals surface area (Å²) in [6.45, 7) is 0. The number of hydrogen-bond donors (Lipinski definition) is 1. The van der Waals surface area contributed by atoms with Crippen LogP contribution < -0.4 is 10.5 Å². The zero-order valence-corrected chi connectivity index (χ0v) is 12.4. The Morgan fingerprint density at radius 3 is 2.65 bits per heavy atom. The maximum absolute atomic E-state index is 13.3. The van der Waals surface area contributed by atoms with E-state index in [1.165, 1.54) is 18.2 Å². The number of halogens is 3. The molecule has 0 spiro atoms. The van der Waals surface area contributed by atoms with Crippen molar-refractivity contribution in [2.75, 3.05) is 7.11 Å². The van der Waals surface area contributed by atoms with E-state index >= 15 is 0 Å². The lowest BCUT2D eigenvalue weighted by molar-refractivity contribution is 0.405. The minimum Gasteiger partial charge on any atom is -0.496 e. The van der Waals surface area contributed by atoms with E-state index in [1.54, 1.807) is 25.3 Å². The van der Waals surface area contributed by atoms with E-state index < -0.39 is 0 Å². The molecule has 0 aliphatic heterocycles. The van der Waals surface area contributed by atoms with Crippen LogP contribution in [0.25, 0.3) is 0 Å². The molecule has 0 aromatic heterocycles. The van der Waals surface area contributed by atoms with E-state index in [0.717, 1.165) is 5.56 Å². The van der Waals surface area contributed by atoms with Gasteiger partial charge in [-0.2, -0.15) is 0 Å². The Hall–Kier alpha value is -1.29. The zero-order valence-electron chi connectivity index (χ0n) is 10.9. The number of ether oxygens (including phenoxy) is 1. The molecule has 0 aliphatic carbocycles. The fraction of sp³-hybridized carbons (Fsp3) is 0.200. The van der Waals surface area contributed by atoms with Crippen molar-refractivity contribution in [1.29, 1.82) is 0 Å². The Kier molecular flexibility index (Phi) is 4.86. The third kappa shape index (κ3) is 3.42. The summed E-state index contributed by atoms with van der Waals surface area (Å²) < 4.78 is 18.5. The minimum absolute atomic E-state index is 0.334. The van der Waals surface area contributed by atoms with E-state index in [9.17, 15) is 4.39 Å². The third-order valence-electron chi connectivity index (χ3n) is 3.04. The van der Waals surface area contributed by atoms with Crippen molar-refractivity contribution in [1.82, 2.24) is 0 Å². The van der Waals surface area contributed by atoms with Crippen LogP contribution in [0.1, 0.15) is 17.2 Å². The van der Waals surface area contributed by atoms with Crippen LogP contribution in [-0.2, 0) is 6.42 Å². The molecular weight excluding hydrogens is 300 g/mol. The Morgan fingerprint density at radius 2 is 1.95 bits per heavy atom. The average molecular weight is 314 g/mol. The van der Waals surface area contributed by atoms with Crippen molar-refractivity contribution in [3.8, 4) is 5.75 Å². The number of nitrogens with two attached hydrogens (primary N) is 1. The summed E-state index contributed by atoms with van der Waals surface area (Å²) in [4.78, 5) is 0. The summed E-state index contributed by atoms with van der Waals surface area (Å²) in [7, 11) is 1.55. The van der Waals surface area contributed by atoms with E-state index in [0.29, 0.717) is 27.8 Å². The van der Waals surface area contributed by atoms with Crippen LogP contribution in [0.2, 0.25) is 10.0 Å². The van der Waals surface area contributed by atoms with Gasteiger partial charge in [-0.1, -0.05) is 29.3 Å². The van der Waals surface area contributed by atoms with Gasteiger partial charge in [-0.05, 0) is 42.3 Å². The standard InChI is InChI=1S/C15H14Cl2FNO/c1-20-15-8-10(16)2-4-12(15)14(19)7-9-6-11(18)3-5-13(9)17/h2-6,8,14H,7,19H2,1H3. The first-order chi connectivity index (χ1) is 9.51. The van der Waals surface area contributed by atoms with E-state index in [4.69, 9.17) is 33.7 Å². The number of rotatable bonds is 4. The fourth-order valence-electron chi connectivity index (χ4n) is 2.04. The molecule has 2 N–H and O–H groups in total. The second-order valence-electron chi connectivity index (χ2n) is 4.43. The van der Waals surface area contributed by atoms with Crippen molar-refractivity contribution in [2.45, 2.75) is 12.5 Å². The normalized spacial score (nSPS) is 12.2. The number of benzene rings is 2. The SMILES string of the molecule is COc1cc(Cl)ccc1C(N)Cc1cc(F)ccc1Cl. The summed E-state index contributed by atoms with van der Waals surface area (Å²) in [6, 6.07) is 9.12. The second-order valence-corrected chi connectivity index (χ2v) is 5.28. The lowest BCUT2D eigenvalue weighted by atomic mass is 9.99. The molecule has 0 radical (unpaired) electrons. The van der Waals surface area contributed by atoms with E-state index in [1.807, 2.05) is 0 Å². The largest absolute Gasteiger partial charge is 0.496 e. The van der Waals surface area contributed by atoms with Gasteiger partial charge < -0.3 is 10.5 Å². The fourth-order valence-corrected chi connectivity index (χ4v) is 2.39. The van der Waals surface area contributed by atoms with Gasteiger partial charge in [0.1, 0.15) is 11.6 Å². The maximum Gasteiger partial charge on any atom is 0.125 e. The number of methoxy groups -OCH3 is 1. The first kappa shape index (κ1) is 15.1. The highest BCUT2D eigenvalue weighted by Crippen LogP contribution is 2.30. The highest BCUT2D eigenvalue weighted by Gasteiger charge is 2.15. The van der Waals surface area contributed by atoms with Gasteiger partial charge in [0.2, 0.25) is 0 Å². The lowest BCUT2D eigenvalue weighted by Gasteiger charge is -2.16. The molecule has 1 atom stereocenters. The van der Waals surface area contributed by atoms with Gasteiger partial charge in [0.05, 0.1) is 7.11 Å². The van der Waals surface area contributed by atoms with Crippen LogP contribution in [-0.4, -0.2) is 7.11 Å². The molecule has 2 aromatic rings. The molecule has 1 unspecified atom stereocenters. The molecule has 106 valence electrons. The van der Waals surface area contributed by atoms with Gasteiger partial charge in [0, 0.05) is 21.7 Å². The summed E-state index contributed by atoms with van der Waals surface area (Å²) in [5.74, 6) is 0.275. The smallest absolute Gasteiger partial charge is 0.125 e. The Bertz CT molecular complexity index is 619. The monoisotopic (exact) mass is 313 g/mol. The molecule has 0 heterocycles. The van der Waals surface area contributed by atoms with Crippen molar-refractivity contribution in [3.63, 3.8) is 0 Å². The summed E-state index contributed by atoms with van der Waals surface area (Å²) >= 11 is 12.0. The summed E-state index contributed by atoms with van der Waals surface area (Å²) in [5.41, 5.74) is 7.63. The van der Waals surface area contributed by atoms with Gasteiger partial charge in [-0.15, -0.1) is 0 Å². The lowest BCUT2D eigenvalue weighted by Crippen LogP contribution is -2.14. The first-order valence-corrected chi connectivity index (χ1v) is 6.80. The second kappa shape index (κ2) is 6.44. The Balaban J connectivity index is 2.28. The first-order valence-electron chi connectivity index (χ1n) is 6.04. The van der Waals surface area contributed by atoms with Gasteiger partial charge in [-0.25, -0.2) is 4.39 Å². The van der Waals surface area contributed by atoms with Crippen LogP contribution in [0.15, 0.2) is 36.4 Å². The van der Waals surface area contributed by atoms with Crippen LogP contribution in [0.3, 0.4) is 0 Å². The van der Waals surface area contributed by atoms with Crippen molar-refractivity contribution in [3.05, 3.63) is 63.4 Å². The van der Waals surface area contributed by atoms with Gasteiger partial charge in [0.25, 0.3) is 0 Å². The summed E-state index contributed by atoms with van der Waals surface area (Å²) in [6.07, 6.45) is 0.411. The minimum atomic E-state index is -0.360. The molecule has 0 fully saturated rings. The Morgan fingerprint density at radius 1 is 1.20 bits per heavy atom. The molecule has 2 aromatic carbocycles. The molecule has 0 aliphatic rings. The molecular formula is C15H14Cl2FNO. The van der Waals surface area contributed by atoms with Crippen LogP contribution >= 0.6 is 23.2 Å². The van der Waals surface area contributed by atoms with Crippen molar-refractivity contribution >= 4 is 23.2 Å². The number of hydrogen-bond acceptors (Lipinski definition) is 2. The van der Waals surface area contributed by atoms with Crippen LogP contribution in [0, 0.1) is 5.82 Å². The van der Waals surface area contributed by atoms with E-state index in [-0.39, 0.29) is 11.9 Å². The molecule has 20 heavy (non-hydrogen) atoms. The van der Waals surface area contributed by atoms with Crippen molar-refractivity contribution < 1.29 is 9.13 Å². The van der Waals surface area contributed by atoms with Crippen molar-refractivity contribution in [2.24, 2.45) is 5.73 Å². The average Bonchev–Trinajstić information content (AvgIpc) is 2.42. The van der Waals surface area contributed by atoms with Gasteiger partial charge >= 0.3 is 0 Å². The molecule has 2 rings (SSSR count). The van der Waals surface area contributed by atoms with Crippen LogP contribution in [0.4, 0.5) is 4.39 Å². The third-order valence-corrected chi connectivity index (χ3v) is 3.65. The predicted molar refractivity (Wildman–Crippen MR) is 80.0 cm³/mol. The molecule has 0 saturated carbocycles. The Labute approximate surface area is 127 Å².